The maximum atomic E-state index is 11.8. The van der Waals surface area contributed by atoms with Crippen LogP contribution >= 0.6 is 0 Å². The van der Waals surface area contributed by atoms with E-state index in [4.69, 9.17) is 18.7 Å². The van der Waals surface area contributed by atoms with E-state index >= 15 is 0 Å². The highest BCUT2D eigenvalue weighted by Crippen LogP contribution is 2.33. The Morgan fingerprint density at radius 2 is 2.00 bits per heavy atom. The van der Waals surface area contributed by atoms with E-state index in [-0.39, 0.29) is 12.2 Å². The standard InChI is InChI=1S/C14H15NO5/c1-4-19-14(16)10-8-20-15-13(10)9-5-6-11(17-2)12(7-9)18-3/h5-8H,4H2,1-3H3. The van der Waals surface area contributed by atoms with Crippen LogP contribution in [-0.4, -0.2) is 32.0 Å². The first-order valence-corrected chi connectivity index (χ1v) is 6.05. The highest BCUT2D eigenvalue weighted by atomic mass is 16.5. The highest BCUT2D eigenvalue weighted by Gasteiger charge is 2.19. The molecule has 0 radical (unpaired) electrons. The lowest BCUT2D eigenvalue weighted by Crippen LogP contribution is -2.05. The summed E-state index contributed by atoms with van der Waals surface area (Å²) in [6.07, 6.45) is 1.27. The van der Waals surface area contributed by atoms with Gasteiger partial charge in [-0.15, -0.1) is 0 Å². The number of nitrogens with zero attached hydrogens (tertiary/aromatic N) is 1. The minimum Gasteiger partial charge on any atom is -0.493 e. The number of esters is 1. The van der Waals surface area contributed by atoms with E-state index in [9.17, 15) is 4.79 Å². The van der Waals surface area contributed by atoms with Crippen molar-refractivity contribution < 1.29 is 23.5 Å². The zero-order valence-corrected chi connectivity index (χ0v) is 11.5. The molecule has 0 saturated heterocycles. The molecular weight excluding hydrogens is 262 g/mol. The number of methoxy groups -OCH3 is 2. The van der Waals surface area contributed by atoms with E-state index in [0.717, 1.165) is 0 Å². The molecule has 0 aliphatic carbocycles. The molecule has 0 bridgehead atoms. The maximum absolute atomic E-state index is 11.8. The van der Waals surface area contributed by atoms with Gasteiger partial charge in [-0.05, 0) is 25.1 Å². The largest absolute Gasteiger partial charge is 0.493 e. The third kappa shape index (κ3) is 2.59. The SMILES string of the molecule is CCOC(=O)c1conc1-c1ccc(OC)c(OC)c1. The Hall–Kier alpha value is -2.50. The van der Waals surface area contributed by atoms with E-state index in [0.29, 0.717) is 22.8 Å². The predicted molar refractivity (Wildman–Crippen MR) is 71.0 cm³/mol. The predicted octanol–water partition coefficient (Wildman–Crippen LogP) is 2.54. The van der Waals surface area contributed by atoms with Crippen LogP contribution in [0.2, 0.25) is 0 Å². The molecule has 2 aromatic rings. The Morgan fingerprint density at radius 3 is 2.65 bits per heavy atom. The van der Waals surface area contributed by atoms with Crippen molar-refractivity contribution in [3.63, 3.8) is 0 Å². The van der Waals surface area contributed by atoms with E-state index in [2.05, 4.69) is 5.16 Å². The minimum atomic E-state index is -0.474. The molecule has 0 aliphatic rings. The topological polar surface area (TPSA) is 70.8 Å². The third-order valence-corrected chi connectivity index (χ3v) is 2.72. The highest BCUT2D eigenvalue weighted by molar-refractivity contribution is 5.95. The summed E-state index contributed by atoms with van der Waals surface area (Å²) in [4.78, 5) is 11.8. The molecule has 2 rings (SSSR count). The zero-order valence-electron chi connectivity index (χ0n) is 11.5. The number of carbonyl (C=O) groups is 1. The van der Waals surface area contributed by atoms with E-state index < -0.39 is 5.97 Å². The van der Waals surface area contributed by atoms with Gasteiger partial charge in [0.1, 0.15) is 17.5 Å². The summed E-state index contributed by atoms with van der Waals surface area (Å²) in [7, 11) is 3.09. The summed E-state index contributed by atoms with van der Waals surface area (Å²) in [6, 6.07) is 5.22. The second kappa shape index (κ2) is 6.10. The second-order valence-electron chi connectivity index (χ2n) is 3.87. The quantitative estimate of drug-likeness (QED) is 0.782. The first-order valence-electron chi connectivity index (χ1n) is 6.05. The van der Waals surface area contributed by atoms with Gasteiger partial charge in [-0.25, -0.2) is 4.79 Å². The Balaban J connectivity index is 2.42. The van der Waals surface area contributed by atoms with Crippen LogP contribution in [0.3, 0.4) is 0 Å². The van der Waals surface area contributed by atoms with Crippen LogP contribution in [0.15, 0.2) is 29.0 Å². The molecule has 0 unspecified atom stereocenters. The van der Waals surface area contributed by atoms with Gasteiger partial charge in [-0.1, -0.05) is 5.16 Å². The first-order chi connectivity index (χ1) is 9.71. The average Bonchev–Trinajstić information content (AvgIpc) is 2.96. The number of hydrogen-bond acceptors (Lipinski definition) is 6. The minimum absolute atomic E-state index is 0.277. The van der Waals surface area contributed by atoms with E-state index in [1.54, 1.807) is 32.2 Å². The van der Waals surface area contributed by atoms with Gasteiger partial charge in [0.05, 0.1) is 20.8 Å². The molecule has 0 N–H and O–H groups in total. The number of carbonyl (C=O) groups excluding carboxylic acids is 1. The molecule has 0 fully saturated rings. The van der Waals surface area contributed by atoms with Crippen molar-refractivity contribution >= 4 is 5.97 Å². The lowest BCUT2D eigenvalue weighted by atomic mass is 10.1. The fourth-order valence-electron chi connectivity index (χ4n) is 1.78. The van der Waals surface area contributed by atoms with E-state index in [1.165, 1.54) is 13.4 Å². The average molecular weight is 277 g/mol. The van der Waals surface area contributed by atoms with Crippen molar-refractivity contribution in [2.75, 3.05) is 20.8 Å². The molecule has 106 valence electrons. The molecule has 20 heavy (non-hydrogen) atoms. The van der Waals surface area contributed by atoms with Crippen molar-refractivity contribution in [1.82, 2.24) is 5.16 Å². The smallest absolute Gasteiger partial charge is 0.343 e. The second-order valence-corrected chi connectivity index (χ2v) is 3.87. The van der Waals surface area contributed by atoms with Crippen molar-refractivity contribution in [1.29, 1.82) is 0 Å². The van der Waals surface area contributed by atoms with Crippen LogP contribution in [0.1, 0.15) is 17.3 Å². The van der Waals surface area contributed by atoms with Gasteiger partial charge in [0.25, 0.3) is 0 Å². The Kier molecular flexibility index (Phi) is 4.24. The van der Waals surface area contributed by atoms with Gasteiger partial charge < -0.3 is 18.7 Å². The van der Waals surface area contributed by atoms with Crippen molar-refractivity contribution in [3.05, 3.63) is 30.0 Å². The lowest BCUT2D eigenvalue weighted by molar-refractivity contribution is 0.0526. The molecule has 1 aromatic heterocycles. The Bertz CT molecular complexity index is 605. The number of ether oxygens (including phenoxy) is 3. The van der Waals surface area contributed by atoms with Gasteiger partial charge >= 0.3 is 5.97 Å². The van der Waals surface area contributed by atoms with Crippen LogP contribution in [0, 0.1) is 0 Å². The van der Waals surface area contributed by atoms with Gasteiger partial charge in [0, 0.05) is 5.56 Å². The molecular formula is C14H15NO5. The van der Waals surface area contributed by atoms with Crippen molar-refractivity contribution in [3.8, 4) is 22.8 Å². The van der Waals surface area contributed by atoms with Crippen LogP contribution < -0.4 is 9.47 Å². The summed E-state index contributed by atoms with van der Waals surface area (Å²) in [5.41, 5.74) is 1.36. The molecule has 6 heteroatoms. The van der Waals surface area contributed by atoms with Crippen LogP contribution in [0.4, 0.5) is 0 Å². The normalized spacial score (nSPS) is 10.2. The van der Waals surface area contributed by atoms with Gasteiger partial charge in [-0.2, -0.15) is 0 Å². The summed E-state index contributed by atoms with van der Waals surface area (Å²) in [5, 5.41) is 3.85. The first kappa shape index (κ1) is 13.9. The van der Waals surface area contributed by atoms with Crippen molar-refractivity contribution in [2.45, 2.75) is 6.92 Å². The molecule has 1 heterocycles. The molecule has 0 spiro atoms. The zero-order chi connectivity index (χ0) is 14.5. The molecule has 0 saturated carbocycles. The van der Waals surface area contributed by atoms with Crippen LogP contribution in [0.5, 0.6) is 11.5 Å². The van der Waals surface area contributed by atoms with Gasteiger partial charge in [-0.3, -0.25) is 0 Å². The molecule has 6 nitrogen and oxygen atoms in total. The van der Waals surface area contributed by atoms with Gasteiger partial charge in [0.15, 0.2) is 11.5 Å². The van der Waals surface area contributed by atoms with Crippen molar-refractivity contribution in [2.24, 2.45) is 0 Å². The Morgan fingerprint density at radius 1 is 1.25 bits per heavy atom. The molecule has 0 atom stereocenters. The maximum Gasteiger partial charge on any atom is 0.343 e. The molecule has 0 amide bonds. The van der Waals surface area contributed by atoms with Crippen LogP contribution in [-0.2, 0) is 4.74 Å². The van der Waals surface area contributed by atoms with Crippen LogP contribution in [0.25, 0.3) is 11.3 Å². The monoisotopic (exact) mass is 277 g/mol. The molecule has 0 aliphatic heterocycles. The fourth-order valence-corrected chi connectivity index (χ4v) is 1.78. The summed E-state index contributed by atoms with van der Waals surface area (Å²) >= 11 is 0. The number of benzene rings is 1. The summed E-state index contributed by atoms with van der Waals surface area (Å²) in [5.74, 6) is 0.666. The lowest BCUT2D eigenvalue weighted by Gasteiger charge is -2.08. The summed E-state index contributed by atoms with van der Waals surface area (Å²) < 4.78 is 20.2. The number of hydrogen-bond donors (Lipinski definition) is 0. The third-order valence-electron chi connectivity index (χ3n) is 2.72. The van der Waals surface area contributed by atoms with E-state index in [1.807, 2.05) is 0 Å². The fraction of sp³-hybridized carbons (Fsp3) is 0.286. The number of aromatic nitrogens is 1. The number of rotatable bonds is 5. The summed E-state index contributed by atoms with van der Waals surface area (Å²) in [6.45, 7) is 2.02. The Labute approximate surface area is 116 Å². The molecule has 1 aromatic carbocycles. The van der Waals surface area contributed by atoms with Gasteiger partial charge in [0.2, 0.25) is 0 Å².